The fraction of sp³-hybridized carbons (Fsp3) is 0.227. The molecule has 2 aromatic rings. The molecule has 0 unspecified atom stereocenters. The van der Waals surface area contributed by atoms with E-state index in [1.807, 2.05) is 38.4 Å². The maximum atomic E-state index is 6.29. The quantitative estimate of drug-likeness (QED) is 0.494. The van der Waals surface area contributed by atoms with Crippen molar-refractivity contribution >= 4 is 17.8 Å². The Bertz CT molecular complexity index is 1280. The molecule has 0 atom stereocenters. The summed E-state index contributed by atoms with van der Waals surface area (Å²) in [5.41, 5.74) is 14.8. The van der Waals surface area contributed by atoms with Crippen LogP contribution in [0.3, 0.4) is 0 Å². The second-order valence-electron chi connectivity index (χ2n) is 7.41. The largest absolute Gasteiger partial charge is 0.496 e. The lowest BCUT2D eigenvalue weighted by Crippen LogP contribution is -2.22. The van der Waals surface area contributed by atoms with Crippen LogP contribution in [0.15, 0.2) is 41.2 Å². The van der Waals surface area contributed by atoms with Crippen LogP contribution < -0.4 is 10.5 Å². The molecule has 2 aliphatic heterocycles. The summed E-state index contributed by atoms with van der Waals surface area (Å²) in [6.45, 7) is 4.37. The molecule has 8 nitrogen and oxygen atoms in total. The fourth-order valence-electron chi connectivity index (χ4n) is 3.99. The number of aromatic nitrogens is 5. The van der Waals surface area contributed by atoms with Crippen LogP contribution in [-0.4, -0.2) is 37.9 Å². The van der Waals surface area contributed by atoms with E-state index in [1.165, 1.54) is 11.9 Å². The number of methoxy groups -OCH3 is 1. The molecule has 0 saturated heterocycles. The molecule has 0 radical (unpaired) electrons. The second kappa shape index (κ2) is 7.66. The molecule has 0 saturated carbocycles. The number of amidine groups is 1. The van der Waals surface area contributed by atoms with Crippen molar-refractivity contribution in [1.82, 2.24) is 25.0 Å². The van der Waals surface area contributed by atoms with Crippen molar-refractivity contribution in [2.45, 2.75) is 26.1 Å². The van der Waals surface area contributed by atoms with E-state index in [2.05, 4.69) is 20.4 Å². The first kappa shape index (κ1) is 19.5. The highest BCUT2D eigenvalue weighted by molar-refractivity contribution is 7.97. The maximum Gasteiger partial charge on any atom is 0.160 e. The number of pyridine rings is 2. The van der Waals surface area contributed by atoms with E-state index in [-0.39, 0.29) is 0 Å². The van der Waals surface area contributed by atoms with Gasteiger partial charge in [-0.3, -0.25) is 9.97 Å². The summed E-state index contributed by atoms with van der Waals surface area (Å²) < 4.78 is 9.97. The van der Waals surface area contributed by atoms with Gasteiger partial charge in [-0.05, 0) is 49.1 Å². The SMILES string of the molecule is COc1c(C)cnc(Cn2nc3cc(-c4cccnc4)c4c-3c(n2)C(N)=NSC4)c1C. The third kappa shape index (κ3) is 3.31. The van der Waals surface area contributed by atoms with E-state index in [0.717, 1.165) is 50.5 Å². The highest BCUT2D eigenvalue weighted by Crippen LogP contribution is 2.41. The Morgan fingerprint density at radius 3 is 2.87 bits per heavy atom. The van der Waals surface area contributed by atoms with Gasteiger partial charge in [0.2, 0.25) is 0 Å². The second-order valence-corrected chi connectivity index (χ2v) is 8.14. The maximum absolute atomic E-state index is 6.29. The molecule has 156 valence electrons. The topological polar surface area (TPSA) is 104 Å². The molecule has 4 heterocycles. The third-order valence-electron chi connectivity index (χ3n) is 5.47. The lowest BCUT2D eigenvalue weighted by molar-refractivity contribution is 0.406. The summed E-state index contributed by atoms with van der Waals surface area (Å²) in [6, 6.07) is 6.06. The van der Waals surface area contributed by atoms with E-state index < -0.39 is 0 Å². The molecular weight excluding hydrogens is 410 g/mol. The minimum absolute atomic E-state index is 0.397. The highest BCUT2D eigenvalue weighted by Gasteiger charge is 2.27. The van der Waals surface area contributed by atoms with Crippen LogP contribution in [-0.2, 0) is 12.3 Å². The molecule has 2 N–H and O–H groups in total. The zero-order valence-electron chi connectivity index (χ0n) is 17.5. The van der Waals surface area contributed by atoms with Gasteiger partial charge < -0.3 is 10.5 Å². The van der Waals surface area contributed by atoms with Crippen molar-refractivity contribution in [3.05, 3.63) is 64.9 Å². The predicted octanol–water partition coefficient (Wildman–Crippen LogP) is 3.38. The van der Waals surface area contributed by atoms with E-state index in [9.17, 15) is 0 Å². The standard InChI is InChI=1S/C22H21N7OS/c1-12-8-25-18(13(2)21(12)30-3)10-29-26-17-7-15(14-5-4-6-24-9-14)16-11-31-28-22(23)20(27-29)19(16)17/h4-9H,10-11H2,1-3H3,(H2,23,28). The summed E-state index contributed by atoms with van der Waals surface area (Å²) in [7, 11) is 1.67. The zero-order chi connectivity index (χ0) is 21.5. The molecule has 0 aromatic carbocycles. The Morgan fingerprint density at radius 1 is 1.23 bits per heavy atom. The Morgan fingerprint density at radius 2 is 2.10 bits per heavy atom. The van der Waals surface area contributed by atoms with E-state index in [4.69, 9.17) is 20.7 Å². The average Bonchev–Trinajstić information content (AvgIpc) is 3.05. The van der Waals surface area contributed by atoms with E-state index in [0.29, 0.717) is 23.8 Å². The number of hydrogen-bond acceptors (Lipinski definition) is 8. The van der Waals surface area contributed by atoms with Gasteiger partial charge in [-0.15, -0.1) is 0 Å². The first-order chi connectivity index (χ1) is 15.1. The van der Waals surface area contributed by atoms with Crippen LogP contribution in [0.4, 0.5) is 0 Å². The summed E-state index contributed by atoms with van der Waals surface area (Å²) in [5, 5.41) is 9.53. The smallest absolute Gasteiger partial charge is 0.160 e. The van der Waals surface area contributed by atoms with Gasteiger partial charge in [0.1, 0.15) is 18.0 Å². The first-order valence-corrected chi connectivity index (χ1v) is 10.8. The molecule has 2 aromatic heterocycles. The van der Waals surface area contributed by atoms with Gasteiger partial charge in [0.05, 0.1) is 18.5 Å². The van der Waals surface area contributed by atoms with Gasteiger partial charge in [-0.2, -0.15) is 19.4 Å². The number of ether oxygens (including phenoxy) is 1. The number of nitrogens with zero attached hydrogens (tertiary/aromatic N) is 6. The Hall–Kier alpha value is -3.46. The molecule has 9 heteroatoms. The molecule has 3 aliphatic rings. The van der Waals surface area contributed by atoms with Gasteiger partial charge >= 0.3 is 0 Å². The number of hydrogen-bond donors (Lipinski definition) is 1. The van der Waals surface area contributed by atoms with Crippen molar-refractivity contribution in [2.24, 2.45) is 10.1 Å². The van der Waals surface area contributed by atoms with Gasteiger partial charge in [0, 0.05) is 46.6 Å². The molecule has 0 spiro atoms. The zero-order valence-corrected chi connectivity index (χ0v) is 18.3. The lowest BCUT2D eigenvalue weighted by Gasteiger charge is -2.14. The molecule has 0 amide bonds. The van der Waals surface area contributed by atoms with Crippen LogP contribution in [0.2, 0.25) is 0 Å². The Labute approximate surface area is 184 Å². The highest BCUT2D eigenvalue weighted by atomic mass is 32.2. The summed E-state index contributed by atoms with van der Waals surface area (Å²) in [4.78, 5) is 10.5. The Balaban J connectivity index is 1.67. The molecule has 0 fully saturated rings. The minimum Gasteiger partial charge on any atom is -0.496 e. The van der Waals surface area contributed by atoms with Crippen LogP contribution in [0, 0.1) is 13.8 Å². The van der Waals surface area contributed by atoms with E-state index >= 15 is 0 Å². The molecule has 0 bridgehead atoms. The van der Waals surface area contributed by atoms with E-state index in [1.54, 1.807) is 18.1 Å². The van der Waals surface area contributed by atoms with Crippen LogP contribution >= 0.6 is 11.9 Å². The van der Waals surface area contributed by atoms with Gasteiger partial charge in [0.15, 0.2) is 5.84 Å². The van der Waals surface area contributed by atoms with Gasteiger partial charge in [-0.25, -0.2) is 0 Å². The van der Waals surface area contributed by atoms with Crippen molar-refractivity contribution in [3.63, 3.8) is 0 Å². The molecule has 5 rings (SSSR count). The third-order valence-corrected chi connectivity index (χ3v) is 6.21. The van der Waals surface area contributed by atoms with Crippen molar-refractivity contribution < 1.29 is 4.74 Å². The van der Waals surface area contributed by atoms with Crippen molar-refractivity contribution in [2.75, 3.05) is 7.11 Å². The normalized spacial score (nSPS) is 13.2. The van der Waals surface area contributed by atoms with Gasteiger partial charge in [0.25, 0.3) is 0 Å². The number of aryl methyl sites for hydroxylation is 1. The van der Waals surface area contributed by atoms with Crippen LogP contribution in [0.1, 0.15) is 28.1 Å². The van der Waals surface area contributed by atoms with Crippen molar-refractivity contribution in [1.29, 1.82) is 0 Å². The summed E-state index contributed by atoms with van der Waals surface area (Å²) >= 11 is 1.42. The molecular formula is C22H21N7OS. The Kier molecular flexibility index (Phi) is 4.82. The molecule has 31 heavy (non-hydrogen) atoms. The van der Waals surface area contributed by atoms with Crippen molar-refractivity contribution in [3.8, 4) is 28.1 Å². The average molecular weight is 432 g/mol. The monoisotopic (exact) mass is 431 g/mol. The first-order valence-electron chi connectivity index (χ1n) is 9.82. The minimum atomic E-state index is 0.397. The summed E-state index contributed by atoms with van der Waals surface area (Å²) in [5.74, 6) is 1.93. The predicted molar refractivity (Wildman–Crippen MR) is 121 cm³/mol. The number of rotatable bonds is 4. The number of nitrogens with two attached hydrogens (primary N) is 1. The molecule has 1 aliphatic carbocycles. The van der Waals surface area contributed by atoms with Gasteiger partial charge in [-0.1, -0.05) is 6.07 Å². The van der Waals surface area contributed by atoms with Crippen LogP contribution in [0.5, 0.6) is 5.75 Å². The van der Waals surface area contributed by atoms with Crippen LogP contribution in [0.25, 0.3) is 22.4 Å². The lowest BCUT2D eigenvalue weighted by atomic mass is 10.0. The fourth-order valence-corrected chi connectivity index (χ4v) is 4.71. The summed E-state index contributed by atoms with van der Waals surface area (Å²) in [6.07, 6.45) is 5.44.